The Hall–Kier alpha value is -2.22. The fraction of sp³-hybridized carbons (Fsp3) is 0.667. The summed E-state index contributed by atoms with van der Waals surface area (Å²) in [4.78, 5) is 27.9. The van der Waals surface area contributed by atoms with Gasteiger partial charge in [-0.2, -0.15) is 30.2 Å². The van der Waals surface area contributed by atoms with Gasteiger partial charge in [-0.1, -0.05) is 11.6 Å². The molecule has 0 unspecified atom stereocenters. The zero-order valence-electron chi connectivity index (χ0n) is 21.1. The number of amides is 2. The Morgan fingerprint density at radius 3 is 2.41 bits per heavy atom. The SMILES string of the molecule is CNC1CN(S(=O)(=O)N2CCC[C@H](C(=O)N3CCC[C@@H]3C(=O)NCc3cc(C)cc(C(F)(F)F)c3)C2)C1. The van der Waals surface area contributed by atoms with Crippen LogP contribution < -0.4 is 10.6 Å². The van der Waals surface area contributed by atoms with Crippen molar-refractivity contribution in [2.45, 2.75) is 57.4 Å². The summed E-state index contributed by atoms with van der Waals surface area (Å²) in [6.07, 6.45) is -2.31. The van der Waals surface area contributed by atoms with Gasteiger partial charge in [0.25, 0.3) is 10.2 Å². The second-order valence-electron chi connectivity index (χ2n) is 10.1. The lowest BCUT2D eigenvalue weighted by molar-refractivity contribution is -0.142. The van der Waals surface area contributed by atoms with Crippen molar-refractivity contribution in [3.63, 3.8) is 0 Å². The van der Waals surface area contributed by atoms with E-state index in [0.29, 0.717) is 63.0 Å². The number of hydrogen-bond acceptors (Lipinski definition) is 5. The minimum absolute atomic E-state index is 0.0796. The average molecular weight is 546 g/mol. The monoisotopic (exact) mass is 545 g/mol. The molecule has 0 spiro atoms. The van der Waals surface area contributed by atoms with Crippen molar-refractivity contribution in [3.8, 4) is 0 Å². The molecule has 0 saturated carbocycles. The minimum Gasteiger partial charge on any atom is -0.350 e. The second kappa shape index (κ2) is 10.9. The molecule has 1 aromatic rings. The first-order valence-corrected chi connectivity index (χ1v) is 14.0. The zero-order valence-corrected chi connectivity index (χ0v) is 21.9. The molecular formula is C24H34F3N5O4S. The maximum absolute atomic E-state index is 13.4. The van der Waals surface area contributed by atoms with Gasteiger partial charge in [-0.25, -0.2) is 0 Å². The molecule has 1 aromatic carbocycles. The number of piperidine rings is 1. The normalized spacial score (nSPS) is 24.2. The van der Waals surface area contributed by atoms with Crippen molar-refractivity contribution in [2.75, 3.05) is 39.8 Å². The Bertz CT molecular complexity index is 1120. The van der Waals surface area contributed by atoms with Crippen molar-refractivity contribution in [1.82, 2.24) is 24.1 Å². The molecule has 3 fully saturated rings. The number of alkyl halides is 3. The summed E-state index contributed by atoms with van der Waals surface area (Å²) in [5.41, 5.74) is -0.00429. The highest BCUT2D eigenvalue weighted by molar-refractivity contribution is 7.86. The number of nitrogens with zero attached hydrogens (tertiary/aromatic N) is 3. The summed E-state index contributed by atoms with van der Waals surface area (Å²) in [5.74, 6) is -1.20. The first-order chi connectivity index (χ1) is 17.4. The molecule has 37 heavy (non-hydrogen) atoms. The summed E-state index contributed by atoms with van der Waals surface area (Å²) in [6, 6.07) is 3.05. The molecule has 13 heteroatoms. The van der Waals surface area contributed by atoms with Gasteiger partial charge in [-0.3, -0.25) is 9.59 Å². The van der Waals surface area contributed by atoms with Crippen molar-refractivity contribution >= 4 is 22.0 Å². The molecule has 4 rings (SSSR count). The standard InChI is InChI=1S/C24H34F3N5O4S/c1-16-9-17(11-19(10-16)24(25,26)27)12-29-22(33)21-6-4-8-32(21)23(34)18-5-3-7-30(13-18)37(35,36)31-14-20(15-31)28-2/h9-11,18,20-21,28H,3-8,12-15H2,1-2H3,(H,29,33)/t18-,21+/m0/s1. The Kier molecular flexibility index (Phi) is 8.17. The Balaban J connectivity index is 1.37. The molecule has 3 aliphatic heterocycles. The third kappa shape index (κ3) is 6.10. The number of halogens is 3. The van der Waals surface area contributed by atoms with E-state index in [0.717, 1.165) is 12.1 Å². The van der Waals surface area contributed by atoms with Gasteiger partial charge in [0.1, 0.15) is 6.04 Å². The molecule has 3 aliphatic rings. The van der Waals surface area contributed by atoms with Crippen LogP contribution in [0.25, 0.3) is 0 Å². The van der Waals surface area contributed by atoms with Crippen LogP contribution in [0.2, 0.25) is 0 Å². The molecule has 9 nitrogen and oxygen atoms in total. The Morgan fingerprint density at radius 1 is 1.03 bits per heavy atom. The van der Waals surface area contributed by atoms with Crippen LogP contribution in [0, 0.1) is 12.8 Å². The van der Waals surface area contributed by atoms with Crippen LogP contribution in [0.3, 0.4) is 0 Å². The molecule has 0 radical (unpaired) electrons. The largest absolute Gasteiger partial charge is 0.416 e. The lowest BCUT2D eigenvalue weighted by Gasteiger charge is -2.42. The molecule has 0 bridgehead atoms. The zero-order chi connectivity index (χ0) is 27.0. The Morgan fingerprint density at radius 2 is 1.73 bits per heavy atom. The fourth-order valence-electron chi connectivity index (χ4n) is 5.30. The number of hydrogen-bond donors (Lipinski definition) is 2. The topological polar surface area (TPSA) is 102 Å². The molecule has 2 N–H and O–H groups in total. The van der Waals surface area contributed by atoms with Gasteiger partial charge in [0.15, 0.2) is 0 Å². The van der Waals surface area contributed by atoms with E-state index in [4.69, 9.17) is 0 Å². The van der Waals surface area contributed by atoms with Crippen molar-refractivity contribution in [1.29, 1.82) is 0 Å². The van der Waals surface area contributed by atoms with E-state index in [9.17, 15) is 31.2 Å². The summed E-state index contributed by atoms with van der Waals surface area (Å²) in [6.45, 7) is 3.09. The molecule has 3 heterocycles. The van der Waals surface area contributed by atoms with Crippen LogP contribution in [0.4, 0.5) is 13.2 Å². The summed E-state index contributed by atoms with van der Waals surface area (Å²) >= 11 is 0. The van der Waals surface area contributed by atoms with Crippen LogP contribution in [-0.4, -0.2) is 85.6 Å². The van der Waals surface area contributed by atoms with E-state index in [2.05, 4.69) is 10.6 Å². The van der Waals surface area contributed by atoms with Crippen LogP contribution in [0.5, 0.6) is 0 Å². The number of likely N-dealkylation sites (N-methyl/N-ethyl adjacent to an activating group) is 1. The molecule has 0 aliphatic carbocycles. The maximum atomic E-state index is 13.4. The molecule has 2 atom stereocenters. The highest BCUT2D eigenvalue weighted by Gasteiger charge is 2.43. The number of carbonyl (C=O) groups is 2. The van der Waals surface area contributed by atoms with Crippen molar-refractivity contribution in [2.24, 2.45) is 5.92 Å². The van der Waals surface area contributed by atoms with E-state index >= 15 is 0 Å². The smallest absolute Gasteiger partial charge is 0.350 e. The van der Waals surface area contributed by atoms with Gasteiger partial charge in [0.2, 0.25) is 11.8 Å². The highest BCUT2D eigenvalue weighted by atomic mass is 32.2. The number of rotatable bonds is 7. The fourth-order valence-corrected chi connectivity index (χ4v) is 7.09. The maximum Gasteiger partial charge on any atom is 0.416 e. The number of aryl methyl sites for hydroxylation is 1. The third-order valence-corrected chi connectivity index (χ3v) is 9.35. The second-order valence-corrected chi connectivity index (χ2v) is 12.0. The first-order valence-electron chi connectivity index (χ1n) is 12.6. The first kappa shape index (κ1) is 27.8. The molecule has 206 valence electrons. The van der Waals surface area contributed by atoms with Crippen LogP contribution in [0.15, 0.2) is 18.2 Å². The molecule has 0 aromatic heterocycles. The molecule has 2 amide bonds. The van der Waals surface area contributed by atoms with Gasteiger partial charge in [0, 0.05) is 45.3 Å². The summed E-state index contributed by atoms with van der Waals surface area (Å²) in [5, 5.41) is 5.73. The van der Waals surface area contributed by atoms with Gasteiger partial charge in [0.05, 0.1) is 11.5 Å². The van der Waals surface area contributed by atoms with Crippen LogP contribution in [0.1, 0.15) is 42.4 Å². The number of carbonyl (C=O) groups excluding carboxylic acids is 2. The van der Waals surface area contributed by atoms with E-state index < -0.39 is 39.8 Å². The molecular weight excluding hydrogens is 511 g/mol. The van der Waals surface area contributed by atoms with Crippen molar-refractivity contribution < 1.29 is 31.2 Å². The van der Waals surface area contributed by atoms with Crippen LogP contribution in [-0.2, 0) is 32.5 Å². The minimum atomic E-state index is -4.48. The van der Waals surface area contributed by atoms with E-state index in [1.54, 1.807) is 20.0 Å². The van der Waals surface area contributed by atoms with E-state index in [1.165, 1.54) is 13.5 Å². The van der Waals surface area contributed by atoms with Gasteiger partial charge in [-0.05, 0) is 57.4 Å². The lowest BCUT2D eigenvalue weighted by atomic mass is 9.97. The Labute approximate surface area is 215 Å². The molecule has 3 saturated heterocycles. The summed E-state index contributed by atoms with van der Waals surface area (Å²) in [7, 11) is -1.86. The highest BCUT2D eigenvalue weighted by Crippen LogP contribution is 2.31. The number of likely N-dealkylation sites (tertiary alicyclic amines) is 1. The number of benzene rings is 1. The van der Waals surface area contributed by atoms with E-state index in [1.807, 2.05) is 0 Å². The number of nitrogens with one attached hydrogen (secondary N) is 2. The van der Waals surface area contributed by atoms with Crippen molar-refractivity contribution in [3.05, 3.63) is 34.9 Å². The van der Waals surface area contributed by atoms with Gasteiger partial charge >= 0.3 is 6.18 Å². The van der Waals surface area contributed by atoms with Gasteiger partial charge < -0.3 is 15.5 Å². The third-order valence-electron chi connectivity index (χ3n) is 7.41. The van der Waals surface area contributed by atoms with Gasteiger partial charge in [-0.15, -0.1) is 0 Å². The average Bonchev–Trinajstić information content (AvgIpc) is 3.30. The quantitative estimate of drug-likeness (QED) is 0.541. The summed E-state index contributed by atoms with van der Waals surface area (Å²) < 4.78 is 68.1. The van der Waals surface area contributed by atoms with Crippen LogP contribution >= 0.6 is 0 Å². The lowest BCUT2D eigenvalue weighted by Crippen LogP contribution is -2.63. The predicted molar refractivity (Wildman–Crippen MR) is 130 cm³/mol. The van der Waals surface area contributed by atoms with E-state index in [-0.39, 0.29) is 25.0 Å². The predicted octanol–water partition coefficient (Wildman–Crippen LogP) is 1.48.